The molecule has 2 aromatic carbocycles. The maximum atomic E-state index is 13.7. The lowest BCUT2D eigenvalue weighted by Gasteiger charge is -2.35. The van der Waals surface area contributed by atoms with E-state index in [4.69, 9.17) is 34.8 Å². The van der Waals surface area contributed by atoms with Gasteiger partial charge in [-0.3, -0.25) is 19.2 Å². The Labute approximate surface area is 211 Å². The van der Waals surface area contributed by atoms with Gasteiger partial charge in [0.1, 0.15) is 6.04 Å². The summed E-state index contributed by atoms with van der Waals surface area (Å²) in [5.41, 5.74) is 0.318. The summed E-state index contributed by atoms with van der Waals surface area (Å²) in [6, 6.07) is 9.31. The molecule has 34 heavy (non-hydrogen) atoms. The number of hydrogen-bond donors (Lipinski definition) is 0. The van der Waals surface area contributed by atoms with Gasteiger partial charge in [0.25, 0.3) is 17.7 Å². The van der Waals surface area contributed by atoms with Crippen LogP contribution in [0.1, 0.15) is 34.1 Å². The number of hydrogen-bond acceptors (Lipinski definition) is 4. The molecule has 2 aromatic rings. The Kier molecular flexibility index (Phi) is 5.79. The molecule has 0 N–H and O–H groups in total. The van der Waals surface area contributed by atoms with Crippen molar-refractivity contribution in [3.63, 3.8) is 0 Å². The second-order valence-electron chi connectivity index (χ2n) is 8.81. The highest BCUT2D eigenvalue weighted by atomic mass is 35.5. The third-order valence-electron chi connectivity index (χ3n) is 6.91. The standard InChI is InChI=1S/C25H19Cl3N2O4/c1-12(22(31)13-4-6-16(26)7-5-13)29(23(32)18-9-8-17(27)11-19(18)28)30-24(33)20-14-2-3-15(10-14)21(20)25(30)34/h2-9,11-12,14-15,20-21H,10H2,1H3/t12-,14+,15+,20-,21-/m1/s1. The predicted molar refractivity (Wildman–Crippen MR) is 127 cm³/mol. The first-order valence-electron chi connectivity index (χ1n) is 10.8. The van der Waals surface area contributed by atoms with Crippen molar-refractivity contribution in [2.75, 3.05) is 0 Å². The van der Waals surface area contributed by atoms with Crippen molar-refractivity contribution >= 4 is 58.3 Å². The fourth-order valence-corrected chi connectivity index (χ4v) is 5.91. The van der Waals surface area contributed by atoms with Crippen LogP contribution in [0.2, 0.25) is 15.1 Å². The number of allylic oxidation sites excluding steroid dienone is 2. The van der Waals surface area contributed by atoms with Gasteiger partial charge in [0.15, 0.2) is 5.78 Å². The number of ketones is 1. The van der Waals surface area contributed by atoms with E-state index >= 15 is 0 Å². The highest BCUT2D eigenvalue weighted by Crippen LogP contribution is 2.53. The van der Waals surface area contributed by atoms with Crippen molar-refractivity contribution in [1.29, 1.82) is 0 Å². The quantitative estimate of drug-likeness (QED) is 0.315. The Morgan fingerprint density at radius 1 is 0.912 bits per heavy atom. The summed E-state index contributed by atoms with van der Waals surface area (Å²) in [6.07, 6.45) is 4.67. The predicted octanol–water partition coefficient (Wildman–Crippen LogP) is 5.08. The molecule has 0 aromatic heterocycles. The third-order valence-corrected chi connectivity index (χ3v) is 7.71. The summed E-state index contributed by atoms with van der Waals surface area (Å²) in [4.78, 5) is 54.1. The second-order valence-corrected chi connectivity index (χ2v) is 10.1. The molecule has 5 atom stereocenters. The molecule has 0 spiro atoms. The van der Waals surface area contributed by atoms with Gasteiger partial charge in [-0.25, -0.2) is 5.01 Å². The van der Waals surface area contributed by atoms with E-state index < -0.39 is 41.4 Å². The average Bonchev–Trinajstić information content (AvgIpc) is 3.49. The van der Waals surface area contributed by atoms with Gasteiger partial charge >= 0.3 is 0 Å². The molecule has 0 radical (unpaired) electrons. The number of nitrogens with zero attached hydrogens (tertiary/aromatic N) is 2. The molecule has 3 amide bonds. The molecule has 0 unspecified atom stereocenters. The fourth-order valence-electron chi connectivity index (χ4n) is 5.29. The number of amides is 3. The molecule has 1 heterocycles. The lowest BCUT2D eigenvalue weighted by atomic mass is 9.85. The summed E-state index contributed by atoms with van der Waals surface area (Å²) >= 11 is 18.2. The van der Waals surface area contributed by atoms with Gasteiger partial charge < -0.3 is 0 Å². The molecule has 174 valence electrons. The minimum Gasteiger partial charge on any atom is -0.292 e. The molecule has 9 heteroatoms. The molecule has 1 saturated carbocycles. The molecule has 2 aliphatic carbocycles. The first kappa shape index (κ1) is 23.1. The summed E-state index contributed by atoms with van der Waals surface area (Å²) in [6.45, 7) is 1.49. The number of rotatable bonds is 5. The number of Topliss-reactive ketones (excluding diaryl/α,β-unsaturated/α-hetero) is 1. The van der Waals surface area contributed by atoms with Crippen LogP contribution < -0.4 is 0 Å². The van der Waals surface area contributed by atoms with Crippen LogP contribution in [0.3, 0.4) is 0 Å². The monoisotopic (exact) mass is 516 g/mol. The van der Waals surface area contributed by atoms with E-state index in [1.54, 1.807) is 12.1 Å². The van der Waals surface area contributed by atoms with Gasteiger partial charge in [-0.1, -0.05) is 47.0 Å². The van der Waals surface area contributed by atoms with Crippen molar-refractivity contribution < 1.29 is 19.2 Å². The van der Waals surface area contributed by atoms with E-state index in [0.29, 0.717) is 10.0 Å². The maximum Gasteiger partial charge on any atom is 0.275 e. The van der Waals surface area contributed by atoms with Crippen LogP contribution in [0.5, 0.6) is 0 Å². The van der Waals surface area contributed by atoms with Crippen molar-refractivity contribution in [2.24, 2.45) is 23.7 Å². The number of fused-ring (bicyclic) bond motifs is 5. The van der Waals surface area contributed by atoms with Crippen LogP contribution in [0.4, 0.5) is 0 Å². The van der Waals surface area contributed by atoms with E-state index in [-0.39, 0.29) is 28.0 Å². The first-order chi connectivity index (χ1) is 16.2. The molecule has 2 fully saturated rings. The lowest BCUT2D eigenvalue weighted by Crippen LogP contribution is -2.57. The van der Waals surface area contributed by atoms with Gasteiger partial charge in [0, 0.05) is 15.6 Å². The number of imide groups is 1. The minimum atomic E-state index is -1.17. The van der Waals surface area contributed by atoms with E-state index in [9.17, 15) is 19.2 Å². The largest absolute Gasteiger partial charge is 0.292 e. The number of halogens is 3. The summed E-state index contributed by atoms with van der Waals surface area (Å²) in [5.74, 6) is -3.29. The van der Waals surface area contributed by atoms with Crippen LogP contribution in [0, 0.1) is 23.7 Å². The van der Waals surface area contributed by atoms with Gasteiger partial charge in [0.2, 0.25) is 0 Å². The molecule has 1 saturated heterocycles. The fraction of sp³-hybridized carbons (Fsp3) is 0.280. The highest BCUT2D eigenvalue weighted by Gasteiger charge is 2.61. The average molecular weight is 518 g/mol. The van der Waals surface area contributed by atoms with E-state index in [1.807, 2.05) is 12.2 Å². The van der Waals surface area contributed by atoms with Crippen molar-refractivity contribution in [2.45, 2.75) is 19.4 Å². The van der Waals surface area contributed by atoms with Gasteiger partial charge in [-0.05, 0) is 67.6 Å². The molecular weight excluding hydrogens is 499 g/mol. The van der Waals surface area contributed by atoms with Crippen molar-refractivity contribution in [3.8, 4) is 0 Å². The summed E-state index contributed by atoms with van der Waals surface area (Å²) in [7, 11) is 0. The summed E-state index contributed by atoms with van der Waals surface area (Å²) < 4.78 is 0. The normalized spacial score (nSPS) is 25.6. The zero-order valence-corrected chi connectivity index (χ0v) is 20.2. The highest BCUT2D eigenvalue weighted by molar-refractivity contribution is 6.37. The van der Waals surface area contributed by atoms with E-state index in [0.717, 1.165) is 16.4 Å². The second kappa shape index (κ2) is 8.52. The first-order valence-corrected chi connectivity index (χ1v) is 12.0. The zero-order valence-electron chi connectivity index (χ0n) is 18.0. The molecule has 3 aliphatic rings. The Morgan fingerprint density at radius 2 is 1.47 bits per heavy atom. The molecular formula is C25H19Cl3N2O4. The zero-order chi connectivity index (χ0) is 24.3. The van der Waals surface area contributed by atoms with Crippen LogP contribution in [0.15, 0.2) is 54.6 Å². The smallest absolute Gasteiger partial charge is 0.275 e. The Morgan fingerprint density at radius 3 is 2.03 bits per heavy atom. The molecule has 2 bridgehead atoms. The third kappa shape index (κ3) is 3.56. The van der Waals surface area contributed by atoms with Crippen LogP contribution >= 0.6 is 34.8 Å². The molecule has 1 aliphatic heterocycles. The van der Waals surface area contributed by atoms with Crippen LogP contribution in [-0.4, -0.2) is 39.6 Å². The Balaban J connectivity index is 1.56. The number of carbonyl (C=O) groups excluding carboxylic acids is 4. The van der Waals surface area contributed by atoms with E-state index in [1.165, 1.54) is 37.3 Å². The molecule has 5 rings (SSSR count). The minimum absolute atomic E-state index is 0.0283. The Hall–Kier alpha value is -2.67. The number of hydrazine groups is 1. The van der Waals surface area contributed by atoms with Gasteiger partial charge in [0.05, 0.1) is 22.4 Å². The van der Waals surface area contributed by atoms with E-state index in [2.05, 4.69) is 0 Å². The van der Waals surface area contributed by atoms with Crippen LogP contribution in [-0.2, 0) is 9.59 Å². The number of benzene rings is 2. The molecule has 6 nitrogen and oxygen atoms in total. The maximum absolute atomic E-state index is 13.7. The topological polar surface area (TPSA) is 74.8 Å². The van der Waals surface area contributed by atoms with Gasteiger partial charge in [-0.2, -0.15) is 5.01 Å². The van der Waals surface area contributed by atoms with Gasteiger partial charge in [-0.15, -0.1) is 0 Å². The lowest BCUT2D eigenvalue weighted by molar-refractivity contribution is -0.157. The number of carbonyl (C=O) groups is 4. The van der Waals surface area contributed by atoms with Crippen molar-refractivity contribution in [1.82, 2.24) is 10.0 Å². The van der Waals surface area contributed by atoms with Crippen LogP contribution in [0.25, 0.3) is 0 Å². The Bertz CT molecular complexity index is 1230. The van der Waals surface area contributed by atoms with Crippen molar-refractivity contribution in [3.05, 3.63) is 80.8 Å². The summed E-state index contributed by atoms with van der Waals surface area (Å²) in [5, 5.41) is 2.64. The SMILES string of the molecule is C[C@H](C(=O)c1ccc(Cl)cc1)N(C(=O)c1ccc(Cl)cc1Cl)N1C(=O)[C@H]2[C@H](C1=O)[C@H]1C=C[C@H]2C1.